The highest BCUT2D eigenvalue weighted by molar-refractivity contribution is 9.10. The van der Waals surface area contributed by atoms with Crippen LogP contribution >= 0.6 is 27.3 Å². The molecule has 4 heteroatoms. The van der Waals surface area contributed by atoms with Crippen LogP contribution in [0.15, 0.2) is 10.5 Å². The maximum absolute atomic E-state index is 6.38. The van der Waals surface area contributed by atoms with Crippen LogP contribution in [0.4, 0.5) is 0 Å². The maximum Gasteiger partial charge on any atom is 0.0619 e. The molecule has 1 aliphatic rings. The standard InChI is InChI=1S/C12H18BrNOS/c1-3-10-8(4-5-15-10)11(14)12-9(13)6-7(2)16-12/h6,8,10-11H,3-5,14H2,1-2H3. The Kier molecular flexibility index (Phi) is 4.06. The van der Waals surface area contributed by atoms with Crippen LogP contribution in [0, 0.1) is 12.8 Å². The molecule has 2 N–H and O–H groups in total. The number of thiophene rings is 1. The van der Waals surface area contributed by atoms with Gasteiger partial charge in [0, 0.05) is 32.8 Å². The van der Waals surface area contributed by atoms with Crippen LogP contribution in [0.5, 0.6) is 0 Å². The van der Waals surface area contributed by atoms with E-state index < -0.39 is 0 Å². The van der Waals surface area contributed by atoms with Crippen LogP contribution < -0.4 is 5.73 Å². The molecule has 2 heterocycles. The number of hydrogen-bond acceptors (Lipinski definition) is 3. The molecule has 1 aromatic heterocycles. The van der Waals surface area contributed by atoms with E-state index in [9.17, 15) is 0 Å². The lowest BCUT2D eigenvalue weighted by Gasteiger charge is -2.23. The van der Waals surface area contributed by atoms with Gasteiger partial charge in [-0.1, -0.05) is 6.92 Å². The summed E-state index contributed by atoms with van der Waals surface area (Å²) in [5, 5.41) is 0. The zero-order valence-corrected chi connectivity index (χ0v) is 12.1. The topological polar surface area (TPSA) is 35.2 Å². The van der Waals surface area contributed by atoms with Crippen LogP contribution in [0.2, 0.25) is 0 Å². The van der Waals surface area contributed by atoms with Gasteiger partial charge in [-0.2, -0.15) is 0 Å². The van der Waals surface area contributed by atoms with Crippen LogP contribution in [0.3, 0.4) is 0 Å². The third kappa shape index (κ3) is 2.35. The first-order valence-electron chi connectivity index (χ1n) is 5.76. The van der Waals surface area contributed by atoms with E-state index >= 15 is 0 Å². The van der Waals surface area contributed by atoms with Crippen molar-refractivity contribution in [3.63, 3.8) is 0 Å². The minimum atomic E-state index is 0.112. The lowest BCUT2D eigenvalue weighted by atomic mass is 9.91. The first-order valence-corrected chi connectivity index (χ1v) is 7.37. The summed E-state index contributed by atoms with van der Waals surface area (Å²) in [7, 11) is 0. The van der Waals surface area contributed by atoms with Gasteiger partial charge in [-0.3, -0.25) is 0 Å². The molecule has 2 nitrogen and oxygen atoms in total. The predicted octanol–water partition coefficient (Wildman–Crippen LogP) is 3.63. The van der Waals surface area contributed by atoms with Crippen LogP contribution in [0.1, 0.15) is 35.6 Å². The van der Waals surface area contributed by atoms with E-state index in [2.05, 4.69) is 35.8 Å². The summed E-state index contributed by atoms with van der Waals surface area (Å²) >= 11 is 5.39. The average Bonchev–Trinajstić information content (AvgIpc) is 2.83. The van der Waals surface area contributed by atoms with Crippen molar-refractivity contribution in [1.82, 2.24) is 0 Å². The van der Waals surface area contributed by atoms with E-state index in [1.165, 1.54) is 9.75 Å². The normalized spacial score (nSPS) is 27.2. The van der Waals surface area contributed by atoms with Gasteiger partial charge in [0.2, 0.25) is 0 Å². The molecule has 3 unspecified atom stereocenters. The van der Waals surface area contributed by atoms with Crippen molar-refractivity contribution in [3.05, 3.63) is 20.3 Å². The van der Waals surface area contributed by atoms with Crippen molar-refractivity contribution in [3.8, 4) is 0 Å². The monoisotopic (exact) mass is 303 g/mol. The first kappa shape index (κ1) is 12.6. The second-order valence-corrected chi connectivity index (χ2v) is 6.51. The number of halogens is 1. The quantitative estimate of drug-likeness (QED) is 0.925. The minimum Gasteiger partial charge on any atom is -0.378 e. The van der Waals surface area contributed by atoms with E-state index in [-0.39, 0.29) is 6.04 Å². The Morgan fingerprint density at radius 3 is 3.00 bits per heavy atom. The number of rotatable bonds is 3. The molecule has 1 aromatic rings. The summed E-state index contributed by atoms with van der Waals surface area (Å²) in [6.07, 6.45) is 2.48. The Morgan fingerprint density at radius 2 is 2.44 bits per heavy atom. The molecule has 0 bridgehead atoms. The van der Waals surface area contributed by atoms with Crippen molar-refractivity contribution >= 4 is 27.3 Å². The highest BCUT2D eigenvalue weighted by Gasteiger charge is 2.33. The van der Waals surface area contributed by atoms with Crippen LogP contribution in [-0.2, 0) is 4.74 Å². The van der Waals surface area contributed by atoms with Gasteiger partial charge in [0.05, 0.1) is 6.10 Å². The summed E-state index contributed by atoms with van der Waals surface area (Å²) < 4.78 is 6.87. The molecule has 1 aliphatic heterocycles. The second-order valence-electron chi connectivity index (χ2n) is 4.37. The highest BCUT2D eigenvalue weighted by atomic mass is 79.9. The van der Waals surface area contributed by atoms with Gasteiger partial charge in [0.1, 0.15) is 0 Å². The average molecular weight is 304 g/mol. The van der Waals surface area contributed by atoms with Crippen LogP contribution in [-0.4, -0.2) is 12.7 Å². The van der Waals surface area contributed by atoms with Gasteiger partial charge >= 0.3 is 0 Å². The second kappa shape index (κ2) is 5.17. The van der Waals surface area contributed by atoms with E-state index in [1.807, 2.05) is 0 Å². The zero-order chi connectivity index (χ0) is 11.7. The van der Waals surface area contributed by atoms with Gasteiger partial charge in [0.25, 0.3) is 0 Å². The molecular formula is C12H18BrNOS. The molecular weight excluding hydrogens is 286 g/mol. The third-order valence-electron chi connectivity index (χ3n) is 3.26. The largest absolute Gasteiger partial charge is 0.378 e. The van der Waals surface area contributed by atoms with Gasteiger partial charge in [-0.25, -0.2) is 0 Å². The number of ether oxygens (including phenoxy) is 1. The van der Waals surface area contributed by atoms with Gasteiger partial charge < -0.3 is 10.5 Å². The Hall–Kier alpha value is 0.100. The molecule has 0 aliphatic carbocycles. The van der Waals surface area contributed by atoms with E-state index in [4.69, 9.17) is 10.5 Å². The molecule has 0 saturated carbocycles. The third-order valence-corrected chi connectivity index (χ3v) is 5.33. The fourth-order valence-corrected chi connectivity index (χ4v) is 4.41. The van der Waals surface area contributed by atoms with Crippen molar-refractivity contribution in [2.45, 2.75) is 38.8 Å². The Balaban J connectivity index is 2.18. The molecule has 1 fully saturated rings. The molecule has 2 rings (SSSR count). The lowest BCUT2D eigenvalue weighted by Crippen LogP contribution is -2.27. The van der Waals surface area contributed by atoms with E-state index in [0.717, 1.165) is 23.9 Å². The zero-order valence-electron chi connectivity index (χ0n) is 9.70. The summed E-state index contributed by atoms with van der Waals surface area (Å²) in [6.45, 7) is 5.15. The fraction of sp³-hybridized carbons (Fsp3) is 0.667. The molecule has 0 aromatic carbocycles. The summed E-state index contributed by atoms with van der Waals surface area (Å²) in [6, 6.07) is 2.26. The summed E-state index contributed by atoms with van der Waals surface area (Å²) in [5.41, 5.74) is 6.38. The van der Waals surface area contributed by atoms with Crippen molar-refractivity contribution in [1.29, 1.82) is 0 Å². The Bertz CT molecular complexity index is 366. The Morgan fingerprint density at radius 1 is 1.69 bits per heavy atom. The van der Waals surface area contributed by atoms with Gasteiger partial charge in [-0.15, -0.1) is 11.3 Å². The lowest BCUT2D eigenvalue weighted by molar-refractivity contribution is 0.0816. The Labute approximate surface area is 109 Å². The molecule has 1 saturated heterocycles. The first-order chi connectivity index (χ1) is 7.63. The summed E-state index contributed by atoms with van der Waals surface area (Å²) in [5.74, 6) is 0.472. The SMILES string of the molecule is CCC1OCCC1C(N)c1sc(C)cc1Br. The maximum atomic E-state index is 6.38. The predicted molar refractivity (Wildman–Crippen MR) is 71.8 cm³/mol. The van der Waals surface area contributed by atoms with Crippen molar-refractivity contribution in [2.75, 3.05) is 6.61 Å². The molecule has 3 atom stereocenters. The molecule has 90 valence electrons. The van der Waals surface area contributed by atoms with E-state index in [0.29, 0.717) is 12.0 Å². The van der Waals surface area contributed by atoms with Crippen molar-refractivity contribution < 1.29 is 4.74 Å². The minimum absolute atomic E-state index is 0.112. The molecule has 0 radical (unpaired) electrons. The fourth-order valence-electron chi connectivity index (χ4n) is 2.42. The smallest absolute Gasteiger partial charge is 0.0619 e. The van der Waals surface area contributed by atoms with E-state index in [1.54, 1.807) is 11.3 Å². The molecule has 0 spiro atoms. The van der Waals surface area contributed by atoms with Gasteiger partial charge in [-0.05, 0) is 41.8 Å². The number of nitrogens with two attached hydrogens (primary N) is 1. The van der Waals surface area contributed by atoms with Gasteiger partial charge in [0.15, 0.2) is 0 Å². The van der Waals surface area contributed by atoms with Crippen molar-refractivity contribution in [2.24, 2.45) is 11.7 Å². The molecule has 16 heavy (non-hydrogen) atoms. The highest BCUT2D eigenvalue weighted by Crippen LogP contribution is 2.39. The number of aryl methyl sites for hydroxylation is 1. The summed E-state index contributed by atoms with van der Waals surface area (Å²) in [4.78, 5) is 2.58. The number of hydrogen-bond donors (Lipinski definition) is 1. The molecule has 0 amide bonds. The van der Waals surface area contributed by atoms with Crippen LogP contribution in [0.25, 0.3) is 0 Å².